The first-order chi connectivity index (χ1) is 15.7. The summed E-state index contributed by atoms with van der Waals surface area (Å²) >= 11 is 0. The predicted molar refractivity (Wildman–Crippen MR) is 130 cm³/mol. The Morgan fingerprint density at radius 2 is 1.88 bits per heavy atom. The van der Waals surface area contributed by atoms with Gasteiger partial charge in [0, 0.05) is 39.3 Å². The molecule has 2 N–H and O–H groups in total. The van der Waals surface area contributed by atoms with Gasteiger partial charge in [0.1, 0.15) is 0 Å². The molecule has 0 bridgehead atoms. The van der Waals surface area contributed by atoms with Gasteiger partial charge in [-0.25, -0.2) is 13.1 Å². The zero-order valence-electron chi connectivity index (χ0n) is 20.3. The van der Waals surface area contributed by atoms with Crippen LogP contribution in [-0.4, -0.2) is 89.2 Å². The summed E-state index contributed by atoms with van der Waals surface area (Å²) in [7, 11) is -3.52. The number of benzene rings is 1. The molecule has 2 aliphatic heterocycles. The quantitative estimate of drug-likeness (QED) is 0.527. The van der Waals surface area contributed by atoms with Gasteiger partial charge in [0.05, 0.1) is 24.2 Å². The van der Waals surface area contributed by atoms with Gasteiger partial charge >= 0.3 is 0 Å². The number of morpholine rings is 1. The van der Waals surface area contributed by atoms with Crippen molar-refractivity contribution in [1.29, 1.82) is 0 Å². The minimum absolute atomic E-state index is 0.000434. The SMILES string of the molecule is Cc1ccc(S(=O)(=O)NC[C@@H]2CCCN(CC(=O)NC[C@H]3CN(CC(C)C)CCO3)C2)cc1. The fraction of sp³-hybridized carbons (Fsp3) is 0.708. The topological polar surface area (TPSA) is 91.0 Å². The lowest BCUT2D eigenvalue weighted by Gasteiger charge is -2.34. The first kappa shape index (κ1) is 26.1. The standard InChI is InChI=1S/C24H40N4O4S/c1-19(2)15-28-11-12-32-22(17-28)14-25-24(29)18-27-10-4-5-21(16-27)13-26-33(30,31)23-8-6-20(3)7-9-23/h6-9,19,21-22,26H,4-5,10-18H2,1-3H3,(H,25,29)/t21-,22-/m0/s1. The van der Waals surface area contributed by atoms with E-state index in [4.69, 9.17) is 4.74 Å². The van der Waals surface area contributed by atoms with Crippen molar-refractivity contribution in [3.05, 3.63) is 29.8 Å². The number of likely N-dealkylation sites (tertiary alicyclic amines) is 1. The average Bonchev–Trinajstić information content (AvgIpc) is 2.77. The number of sulfonamides is 1. The second-order valence-corrected chi connectivity index (χ2v) is 11.6. The third-order valence-corrected chi connectivity index (χ3v) is 7.68. The maximum Gasteiger partial charge on any atom is 0.240 e. The van der Waals surface area contributed by atoms with Gasteiger partial charge < -0.3 is 10.1 Å². The van der Waals surface area contributed by atoms with Crippen LogP contribution in [0.5, 0.6) is 0 Å². The van der Waals surface area contributed by atoms with Crippen molar-refractivity contribution in [2.24, 2.45) is 11.8 Å². The molecule has 0 aromatic heterocycles. The Hall–Kier alpha value is -1.52. The highest BCUT2D eigenvalue weighted by Gasteiger charge is 2.25. The van der Waals surface area contributed by atoms with Crippen LogP contribution in [0, 0.1) is 18.8 Å². The Balaban J connectivity index is 1.39. The van der Waals surface area contributed by atoms with Gasteiger partial charge in [-0.3, -0.25) is 14.6 Å². The number of ether oxygens (including phenoxy) is 1. The van der Waals surface area contributed by atoms with Crippen LogP contribution in [0.1, 0.15) is 32.3 Å². The Morgan fingerprint density at radius 3 is 2.61 bits per heavy atom. The maximum absolute atomic E-state index is 12.6. The smallest absolute Gasteiger partial charge is 0.240 e. The number of hydrogen-bond donors (Lipinski definition) is 2. The molecule has 8 nitrogen and oxygen atoms in total. The molecule has 2 fully saturated rings. The molecule has 0 aliphatic carbocycles. The number of nitrogens with zero attached hydrogens (tertiary/aromatic N) is 2. The van der Waals surface area contributed by atoms with E-state index in [1.54, 1.807) is 24.3 Å². The van der Waals surface area contributed by atoms with Gasteiger partial charge in [-0.1, -0.05) is 31.5 Å². The fourth-order valence-corrected chi connectivity index (χ4v) is 5.68. The molecule has 2 aliphatic rings. The molecule has 0 unspecified atom stereocenters. The first-order valence-electron chi connectivity index (χ1n) is 12.1. The molecule has 2 atom stereocenters. The fourth-order valence-electron chi connectivity index (χ4n) is 4.56. The maximum atomic E-state index is 12.6. The van der Waals surface area contributed by atoms with Gasteiger partial charge in [0.2, 0.25) is 15.9 Å². The molecular weight excluding hydrogens is 440 g/mol. The van der Waals surface area contributed by atoms with Crippen molar-refractivity contribution in [3.8, 4) is 0 Å². The molecule has 33 heavy (non-hydrogen) atoms. The van der Waals surface area contributed by atoms with Crippen LogP contribution in [0.15, 0.2) is 29.2 Å². The zero-order chi connectivity index (χ0) is 23.8. The van der Waals surface area contributed by atoms with Crippen molar-refractivity contribution in [3.63, 3.8) is 0 Å². The summed E-state index contributed by atoms with van der Waals surface area (Å²) < 4.78 is 33.7. The van der Waals surface area contributed by atoms with Crippen LogP contribution in [0.4, 0.5) is 0 Å². The van der Waals surface area contributed by atoms with Crippen LogP contribution >= 0.6 is 0 Å². The lowest BCUT2D eigenvalue weighted by atomic mass is 9.98. The van der Waals surface area contributed by atoms with Crippen molar-refractivity contribution >= 4 is 15.9 Å². The summed E-state index contributed by atoms with van der Waals surface area (Å²) in [5, 5.41) is 3.03. The molecule has 2 heterocycles. The third kappa shape index (κ3) is 8.64. The van der Waals surface area contributed by atoms with E-state index in [1.807, 2.05) is 6.92 Å². The van der Waals surface area contributed by atoms with Gasteiger partial charge in [-0.15, -0.1) is 0 Å². The molecule has 0 saturated carbocycles. The first-order valence-corrected chi connectivity index (χ1v) is 13.6. The minimum atomic E-state index is -3.52. The number of amides is 1. The normalized spacial score (nSPS) is 23.0. The molecule has 3 rings (SSSR count). The summed E-state index contributed by atoms with van der Waals surface area (Å²) in [5.74, 6) is 0.810. The Bertz CT molecular complexity index is 860. The highest BCUT2D eigenvalue weighted by atomic mass is 32.2. The number of aryl methyl sites for hydroxylation is 1. The summed E-state index contributed by atoms with van der Waals surface area (Å²) in [6.07, 6.45) is 1.95. The molecule has 1 amide bonds. The monoisotopic (exact) mass is 480 g/mol. The average molecular weight is 481 g/mol. The van der Waals surface area contributed by atoms with Crippen LogP contribution in [0.25, 0.3) is 0 Å². The summed E-state index contributed by atoms with van der Waals surface area (Å²) in [5.41, 5.74) is 1.03. The van der Waals surface area contributed by atoms with E-state index in [1.165, 1.54) is 0 Å². The third-order valence-electron chi connectivity index (χ3n) is 6.24. The van der Waals surface area contributed by atoms with Crippen LogP contribution in [0.2, 0.25) is 0 Å². The second kappa shape index (κ2) is 12.3. The lowest BCUT2D eigenvalue weighted by molar-refractivity contribution is -0.123. The van der Waals surface area contributed by atoms with Crippen LogP contribution < -0.4 is 10.0 Å². The summed E-state index contributed by atoms with van der Waals surface area (Å²) in [4.78, 5) is 17.3. The summed E-state index contributed by atoms with van der Waals surface area (Å²) in [6.45, 7) is 12.7. The van der Waals surface area contributed by atoms with E-state index >= 15 is 0 Å². The van der Waals surface area contributed by atoms with E-state index in [9.17, 15) is 13.2 Å². The number of carbonyl (C=O) groups is 1. The van der Waals surface area contributed by atoms with Gasteiger partial charge in [0.25, 0.3) is 0 Å². The van der Waals surface area contributed by atoms with E-state index in [0.29, 0.717) is 38.7 Å². The van der Waals surface area contributed by atoms with E-state index < -0.39 is 10.0 Å². The molecule has 0 radical (unpaired) electrons. The Labute approximate surface area is 199 Å². The largest absolute Gasteiger partial charge is 0.374 e. The molecule has 9 heteroatoms. The minimum Gasteiger partial charge on any atom is -0.374 e. The van der Waals surface area contributed by atoms with Gasteiger partial charge in [0.15, 0.2) is 0 Å². The molecule has 1 aromatic rings. The Morgan fingerprint density at radius 1 is 1.12 bits per heavy atom. The number of hydrogen-bond acceptors (Lipinski definition) is 6. The lowest BCUT2D eigenvalue weighted by Crippen LogP contribution is -2.50. The second-order valence-electron chi connectivity index (χ2n) is 9.86. The number of piperidine rings is 1. The predicted octanol–water partition coefficient (Wildman–Crippen LogP) is 1.46. The van der Waals surface area contributed by atoms with E-state index in [2.05, 4.69) is 33.7 Å². The molecule has 0 spiro atoms. The van der Waals surface area contributed by atoms with Crippen LogP contribution in [0.3, 0.4) is 0 Å². The highest BCUT2D eigenvalue weighted by Crippen LogP contribution is 2.17. The van der Waals surface area contributed by atoms with Crippen molar-refractivity contribution in [2.75, 3.05) is 59.0 Å². The highest BCUT2D eigenvalue weighted by molar-refractivity contribution is 7.89. The van der Waals surface area contributed by atoms with Crippen LogP contribution in [-0.2, 0) is 19.6 Å². The molecule has 2 saturated heterocycles. The van der Waals surface area contributed by atoms with Crippen molar-refractivity contribution < 1.29 is 17.9 Å². The molecule has 186 valence electrons. The number of carbonyl (C=O) groups excluding carboxylic acids is 1. The van der Waals surface area contributed by atoms with E-state index in [0.717, 1.165) is 44.6 Å². The number of rotatable bonds is 10. The van der Waals surface area contributed by atoms with E-state index in [-0.39, 0.29) is 22.8 Å². The van der Waals surface area contributed by atoms with Gasteiger partial charge in [-0.05, 0) is 50.3 Å². The summed E-state index contributed by atoms with van der Waals surface area (Å²) in [6, 6.07) is 6.87. The van der Waals surface area contributed by atoms with Gasteiger partial charge in [-0.2, -0.15) is 0 Å². The Kier molecular flexibility index (Phi) is 9.69. The molecular formula is C24H40N4O4S. The zero-order valence-corrected chi connectivity index (χ0v) is 21.1. The molecule has 1 aromatic carbocycles. The van der Waals surface area contributed by atoms with Crippen molar-refractivity contribution in [1.82, 2.24) is 19.8 Å². The number of nitrogens with one attached hydrogen (secondary N) is 2. The van der Waals surface area contributed by atoms with Crippen molar-refractivity contribution in [2.45, 2.75) is 44.6 Å².